The Morgan fingerprint density at radius 2 is 2.00 bits per heavy atom. The summed E-state index contributed by atoms with van der Waals surface area (Å²) in [6, 6.07) is 13.1. The van der Waals surface area contributed by atoms with Crippen LogP contribution in [0.4, 0.5) is 5.69 Å². The molecule has 1 atom stereocenters. The van der Waals surface area contributed by atoms with E-state index >= 15 is 0 Å². The SMILES string of the molecule is CCN1c2c(ccc3ccccc23)SC1C. The van der Waals surface area contributed by atoms with E-state index in [1.54, 1.807) is 0 Å². The fraction of sp³-hybridized carbons (Fsp3) is 0.286. The molecule has 0 aromatic heterocycles. The number of benzene rings is 2. The third kappa shape index (κ3) is 1.33. The van der Waals surface area contributed by atoms with Crippen LogP contribution >= 0.6 is 11.8 Å². The summed E-state index contributed by atoms with van der Waals surface area (Å²) >= 11 is 1.96. The lowest BCUT2D eigenvalue weighted by Gasteiger charge is -2.22. The summed E-state index contributed by atoms with van der Waals surface area (Å²) in [7, 11) is 0. The van der Waals surface area contributed by atoms with Crippen molar-refractivity contribution in [2.75, 3.05) is 11.4 Å². The van der Waals surface area contributed by atoms with Gasteiger partial charge in [0.2, 0.25) is 0 Å². The molecule has 1 aliphatic rings. The van der Waals surface area contributed by atoms with Crippen molar-refractivity contribution in [3.63, 3.8) is 0 Å². The first-order chi connectivity index (χ1) is 7.81. The molecule has 0 saturated heterocycles. The van der Waals surface area contributed by atoms with Crippen LogP contribution in [-0.2, 0) is 0 Å². The Morgan fingerprint density at radius 1 is 1.19 bits per heavy atom. The van der Waals surface area contributed by atoms with Crippen molar-refractivity contribution in [1.82, 2.24) is 0 Å². The summed E-state index contributed by atoms with van der Waals surface area (Å²) in [5.74, 6) is 0. The first-order valence-corrected chi connectivity index (χ1v) is 6.64. The summed E-state index contributed by atoms with van der Waals surface area (Å²) in [5.41, 5.74) is 1.43. The van der Waals surface area contributed by atoms with Gasteiger partial charge in [0.1, 0.15) is 0 Å². The maximum Gasteiger partial charge on any atom is 0.0770 e. The molecular weight excluding hydrogens is 214 g/mol. The molecule has 0 bridgehead atoms. The van der Waals surface area contributed by atoms with Crippen molar-refractivity contribution in [2.24, 2.45) is 0 Å². The maximum atomic E-state index is 2.49. The molecule has 2 heteroatoms. The predicted octanol–water partition coefficient (Wildman–Crippen LogP) is 4.12. The summed E-state index contributed by atoms with van der Waals surface area (Å²) in [6.45, 7) is 5.59. The van der Waals surface area contributed by atoms with Crippen LogP contribution < -0.4 is 4.90 Å². The second-order valence-electron chi connectivity index (χ2n) is 4.14. The Balaban J connectivity index is 2.30. The highest BCUT2D eigenvalue weighted by atomic mass is 32.2. The molecule has 0 saturated carbocycles. The number of hydrogen-bond donors (Lipinski definition) is 0. The molecule has 0 radical (unpaired) electrons. The molecule has 1 unspecified atom stereocenters. The van der Waals surface area contributed by atoms with Gasteiger partial charge in [-0.3, -0.25) is 0 Å². The molecule has 3 rings (SSSR count). The molecule has 0 spiro atoms. The van der Waals surface area contributed by atoms with Gasteiger partial charge in [-0.15, -0.1) is 0 Å². The number of fused-ring (bicyclic) bond motifs is 3. The molecule has 16 heavy (non-hydrogen) atoms. The van der Waals surface area contributed by atoms with Crippen LogP contribution in [-0.4, -0.2) is 11.9 Å². The average Bonchev–Trinajstić information content (AvgIpc) is 2.65. The number of nitrogens with zero attached hydrogens (tertiary/aromatic N) is 1. The van der Waals surface area contributed by atoms with Crippen molar-refractivity contribution in [3.05, 3.63) is 36.4 Å². The lowest BCUT2D eigenvalue weighted by Crippen LogP contribution is -2.26. The van der Waals surface area contributed by atoms with E-state index in [9.17, 15) is 0 Å². The van der Waals surface area contributed by atoms with Gasteiger partial charge in [0, 0.05) is 16.8 Å². The first-order valence-electron chi connectivity index (χ1n) is 5.76. The minimum absolute atomic E-state index is 0.561. The zero-order chi connectivity index (χ0) is 11.1. The number of hydrogen-bond acceptors (Lipinski definition) is 2. The highest BCUT2D eigenvalue weighted by Gasteiger charge is 2.26. The molecule has 2 aromatic carbocycles. The number of thioether (sulfide) groups is 1. The quantitative estimate of drug-likeness (QED) is 0.723. The van der Waals surface area contributed by atoms with Crippen LogP contribution in [0.1, 0.15) is 13.8 Å². The van der Waals surface area contributed by atoms with Crippen molar-refractivity contribution < 1.29 is 0 Å². The maximum absolute atomic E-state index is 2.49. The van der Waals surface area contributed by atoms with Crippen LogP contribution in [0.15, 0.2) is 41.3 Å². The summed E-state index contributed by atoms with van der Waals surface area (Å²) < 4.78 is 0. The van der Waals surface area contributed by atoms with E-state index in [0.29, 0.717) is 5.37 Å². The molecule has 0 N–H and O–H groups in total. The van der Waals surface area contributed by atoms with Crippen molar-refractivity contribution in [3.8, 4) is 0 Å². The second-order valence-corrected chi connectivity index (χ2v) is 5.49. The van der Waals surface area contributed by atoms with E-state index < -0.39 is 0 Å². The van der Waals surface area contributed by atoms with Gasteiger partial charge in [-0.05, 0) is 25.3 Å². The normalized spacial score (nSPS) is 19.1. The molecule has 0 fully saturated rings. The third-order valence-electron chi connectivity index (χ3n) is 3.23. The fourth-order valence-corrected chi connectivity index (χ4v) is 3.71. The topological polar surface area (TPSA) is 3.24 Å². The van der Waals surface area contributed by atoms with Crippen molar-refractivity contribution >= 4 is 28.2 Å². The van der Waals surface area contributed by atoms with Gasteiger partial charge < -0.3 is 4.90 Å². The first kappa shape index (κ1) is 10.0. The van der Waals surface area contributed by atoms with Crippen LogP contribution in [0, 0.1) is 0 Å². The van der Waals surface area contributed by atoms with E-state index in [-0.39, 0.29) is 0 Å². The van der Waals surface area contributed by atoms with Gasteiger partial charge >= 0.3 is 0 Å². The van der Waals surface area contributed by atoms with Crippen LogP contribution in [0.25, 0.3) is 10.8 Å². The molecular formula is C14H15NS. The third-order valence-corrected chi connectivity index (χ3v) is 4.41. The molecule has 1 aliphatic heterocycles. The Hall–Kier alpha value is -1.15. The number of anilines is 1. The van der Waals surface area contributed by atoms with Gasteiger partial charge in [-0.1, -0.05) is 42.1 Å². The zero-order valence-electron chi connectivity index (χ0n) is 9.60. The van der Waals surface area contributed by atoms with Crippen LogP contribution in [0.3, 0.4) is 0 Å². The minimum atomic E-state index is 0.561. The van der Waals surface area contributed by atoms with Crippen molar-refractivity contribution in [1.29, 1.82) is 0 Å². The summed E-state index contributed by atoms with van der Waals surface area (Å²) in [6.07, 6.45) is 0. The Labute approximate surface area is 100 Å². The van der Waals surface area contributed by atoms with Crippen molar-refractivity contribution in [2.45, 2.75) is 24.1 Å². The Kier molecular flexibility index (Phi) is 2.32. The van der Waals surface area contributed by atoms with Gasteiger partial charge in [0.25, 0.3) is 0 Å². The monoisotopic (exact) mass is 229 g/mol. The van der Waals surface area contributed by atoms with Gasteiger partial charge in [0.15, 0.2) is 0 Å². The van der Waals surface area contributed by atoms with Gasteiger partial charge in [0.05, 0.1) is 11.1 Å². The lowest BCUT2D eigenvalue weighted by molar-refractivity contribution is 0.837. The highest BCUT2D eigenvalue weighted by molar-refractivity contribution is 8.00. The molecule has 0 amide bonds. The van der Waals surface area contributed by atoms with E-state index in [2.05, 4.69) is 55.1 Å². The van der Waals surface area contributed by atoms with Crippen LogP contribution in [0.5, 0.6) is 0 Å². The Morgan fingerprint density at radius 3 is 2.81 bits per heavy atom. The average molecular weight is 229 g/mol. The molecule has 0 aliphatic carbocycles. The minimum Gasteiger partial charge on any atom is -0.358 e. The van der Waals surface area contributed by atoms with E-state index in [1.807, 2.05) is 11.8 Å². The van der Waals surface area contributed by atoms with Gasteiger partial charge in [-0.25, -0.2) is 0 Å². The molecule has 1 heterocycles. The summed E-state index contributed by atoms with van der Waals surface area (Å²) in [4.78, 5) is 3.91. The van der Waals surface area contributed by atoms with E-state index in [4.69, 9.17) is 0 Å². The second kappa shape index (κ2) is 3.70. The van der Waals surface area contributed by atoms with Gasteiger partial charge in [-0.2, -0.15) is 0 Å². The van der Waals surface area contributed by atoms with Crippen LogP contribution in [0.2, 0.25) is 0 Å². The molecule has 2 aromatic rings. The predicted molar refractivity (Wildman–Crippen MR) is 72.3 cm³/mol. The lowest BCUT2D eigenvalue weighted by atomic mass is 10.1. The summed E-state index contributed by atoms with van der Waals surface area (Å²) in [5, 5.41) is 3.29. The zero-order valence-corrected chi connectivity index (χ0v) is 10.4. The van der Waals surface area contributed by atoms with E-state index in [1.165, 1.54) is 21.4 Å². The van der Waals surface area contributed by atoms with E-state index in [0.717, 1.165) is 6.54 Å². The largest absolute Gasteiger partial charge is 0.358 e. The number of rotatable bonds is 1. The molecule has 82 valence electrons. The molecule has 1 nitrogen and oxygen atoms in total. The highest BCUT2D eigenvalue weighted by Crippen LogP contribution is 2.46. The standard InChI is InChI=1S/C14H15NS/c1-3-15-10(2)16-13-9-8-11-6-4-5-7-12(11)14(13)15/h4-10H,3H2,1-2H3. The Bertz CT molecular complexity index is 535. The fourth-order valence-electron chi connectivity index (χ4n) is 2.47. The smallest absolute Gasteiger partial charge is 0.0770 e.